The lowest BCUT2D eigenvalue weighted by molar-refractivity contribution is 0.102. The van der Waals surface area contributed by atoms with Gasteiger partial charge in [0, 0.05) is 6.20 Å². The summed E-state index contributed by atoms with van der Waals surface area (Å²) in [5.74, 6) is -0.368. The first-order chi connectivity index (χ1) is 9.10. The van der Waals surface area contributed by atoms with Gasteiger partial charge < -0.3 is 5.32 Å². The maximum atomic E-state index is 11.9. The van der Waals surface area contributed by atoms with Gasteiger partial charge in [-0.3, -0.25) is 4.79 Å². The highest BCUT2D eigenvalue weighted by atomic mass is 35.5. The third-order valence-corrected chi connectivity index (χ3v) is 2.79. The predicted molar refractivity (Wildman–Crippen MR) is 70.9 cm³/mol. The molecule has 1 amide bonds. The molecule has 0 aliphatic heterocycles. The molecule has 0 aliphatic rings. The average molecular weight is 273 g/mol. The lowest BCUT2D eigenvalue weighted by Crippen LogP contribution is -2.13. The van der Waals surface area contributed by atoms with Crippen LogP contribution in [0.15, 0.2) is 30.6 Å². The van der Waals surface area contributed by atoms with Gasteiger partial charge in [0.05, 0.1) is 17.4 Å². The minimum atomic E-state index is -0.368. The van der Waals surface area contributed by atoms with E-state index in [4.69, 9.17) is 16.9 Å². The van der Waals surface area contributed by atoms with E-state index in [1.54, 1.807) is 13.0 Å². The Morgan fingerprint density at radius 1 is 1.37 bits per heavy atom. The van der Waals surface area contributed by atoms with E-state index in [1.165, 1.54) is 24.5 Å². The number of amides is 1. The molecule has 0 saturated heterocycles. The summed E-state index contributed by atoms with van der Waals surface area (Å²) in [7, 11) is 0. The van der Waals surface area contributed by atoms with Crippen LogP contribution in [-0.2, 0) is 0 Å². The van der Waals surface area contributed by atoms with Crippen LogP contribution in [0.1, 0.15) is 21.6 Å². The Labute approximate surface area is 114 Å². The van der Waals surface area contributed by atoms with Crippen LogP contribution in [0.2, 0.25) is 5.15 Å². The van der Waals surface area contributed by atoms with E-state index in [2.05, 4.69) is 15.3 Å². The van der Waals surface area contributed by atoms with Gasteiger partial charge >= 0.3 is 0 Å². The molecule has 0 aromatic carbocycles. The Hall–Kier alpha value is -2.45. The van der Waals surface area contributed by atoms with Gasteiger partial charge in [0.1, 0.15) is 16.9 Å². The van der Waals surface area contributed by atoms with Crippen molar-refractivity contribution in [3.8, 4) is 6.07 Å². The molecular formula is C13H9ClN4O. The molecule has 94 valence electrons. The number of carbonyl (C=O) groups is 1. The molecule has 1 N–H and O–H groups in total. The third-order valence-electron chi connectivity index (χ3n) is 2.40. The van der Waals surface area contributed by atoms with Gasteiger partial charge in [0.15, 0.2) is 0 Å². The van der Waals surface area contributed by atoms with Crippen molar-refractivity contribution in [1.82, 2.24) is 9.97 Å². The summed E-state index contributed by atoms with van der Waals surface area (Å²) < 4.78 is 0. The first kappa shape index (κ1) is 13.0. The fourth-order valence-corrected chi connectivity index (χ4v) is 1.52. The van der Waals surface area contributed by atoms with Crippen LogP contribution < -0.4 is 5.32 Å². The van der Waals surface area contributed by atoms with Gasteiger partial charge in [-0.15, -0.1) is 0 Å². The highest BCUT2D eigenvalue weighted by molar-refractivity contribution is 6.30. The average Bonchev–Trinajstić information content (AvgIpc) is 2.43. The molecule has 2 rings (SSSR count). The molecule has 0 spiro atoms. The zero-order valence-corrected chi connectivity index (χ0v) is 10.8. The zero-order valence-electron chi connectivity index (χ0n) is 10.0. The number of aromatic nitrogens is 2. The highest BCUT2D eigenvalue weighted by Gasteiger charge is 2.08. The maximum absolute atomic E-state index is 11.9. The van der Waals surface area contributed by atoms with Crippen LogP contribution in [0, 0.1) is 18.3 Å². The largest absolute Gasteiger partial charge is 0.319 e. The number of hydrogen-bond acceptors (Lipinski definition) is 4. The smallest absolute Gasteiger partial charge is 0.274 e. The fourth-order valence-electron chi connectivity index (χ4n) is 1.42. The summed E-state index contributed by atoms with van der Waals surface area (Å²) in [6, 6.07) is 6.68. The van der Waals surface area contributed by atoms with Crippen molar-refractivity contribution >= 4 is 23.2 Å². The number of rotatable bonds is 2. The van der Waals surface area contributed by atoms with Crippen molar-refractivity contribution in [3.63, 3.8) is 0 Å². The molecule has 0 aliphatic carbocycles. The molecule has 5 nitrogen and oxygen atoms in total. The second-order valence-corrected chi connectivity index (χ2v) is 4.19. The Morgan fingerprint density at radius 2 is 2.16 bits per heavy atom. The third kappa shape index (κ3) is 3.06. The first-order valence-electron chi connectivity index (χ1n) is 5.40. The van der Waals surface area contributed by atoms with Gasteiger partial charge in [0.2, 0.25) is 0 Å². The van der Waals surface area contributed by atoms with E-state index >= 15 is 0 Å². The summed E-state index contributed by atoms with van der Waals surface area (Å²) in [4.78, 5) is 19.7. The molecule has 19 heavy (non-hydrogen) atoms. The SMILES string of the molecule is Cc1cc(NC(=O)c2ccc(C#N)cn2)cnc1Cl. The van der Waals surface area contributed by atoms with E-state index in [9.17, 15) is 4.79 Å². The van der Waals surface area contributed by atoms with Crippen LogP contribution >= 0.6 is 11.6 Å². The van der Waals surface area contributed by atoms with Crippen LogP contribution in [0.25, 0.3) is 0 Å². The number of carbonyl (C=O) groups excluding carboxylic acids is 1. The molecule has 0 radical (unpaired) electrons. The minimum absolute atomic E-state index is 0.228. The van der Waals surface area contributed by atoms with Gasteiger partial charge in [-0.2, -0.15) is 5.26 Å². The number of pyridine rings is 2. The Morgan fingerprint density at radius 3 is 2.74 bits per heavy atom. The number of nitriles is 1. The predicted octanol–water partition coefficient (Wildman–Crippen LogP) is 2.56. The summed E-state index contributed by atoms with van der Waals surface area (Å²) in [5, 5.41) is 11.7. The number of hydrogen-bond donors (Lipinski definition) is 1. The lowest BCUT2D eigenvalue weighted by atomic mass is 10.2. The summed E-state index contributed by atoms with van der Waals surface area (Å²) in [6.45, 7) is 1.80. The molecule has 2 heterocycles. The highest BCUT2D eigenvalue weighted by Crippen LogP contribution is 2.16. The standard InChI is InChI=1S/C13H9ClN4O/c1-8-4-10(7-17-12(8)14)18-13(19)11-3-2-9(5-15)6-16-11/h2-4,6-7H,1H3,(H,18,19). The molecule has 2 aromatic heterocycles. The second-order valence-electron chi connectivity index (χ2n) is 3.83. The van der Waals surface area contributed by atoms with E-state index in [1.807, 2.05) is 6.07 Å². The molecule has 6 heteroatoms. The molecule has 0 atom stereocenters. The van der Waals surface area contributed by atoms with Crippen molar-refractivity contribution in [2.24, 2.45) is 0 Å². The number of nitrogens with zero attached hydrogens (tertiary/aromatic N) is 3. The normalized spacial score (nSPS) is 9.74. The van der Waals surface area contributed by atoms with Crippen molar-refractivity contribution in [2.45, 2.75) is 6.92 Å². The number of halogens is 1. The van der Waals surface area contributed by atoms with Crippen molar-refractivity contribution in [3.05, 3.63) is 52.6 Å². The zero-order chi connectivity index (χ0) is 13.8. The van der Waals surface area contributed by atoms with Crippen molar-refractivity contribution < 1.29 is 4.79 Å². The van der Waals surface area contributed by atoms with E-state index < -0.39 is 0 Å². The summed E-state index contributed by atoms with van der Waals surface area (Å²) >= 11 is 5.80. The van der Waals surface area contributed by atoms with Crippen LogP contribution in [0.3, 0.4) is 0 Å². The summed E-state index contributed by atoms with van der Waals surface area (Å²) in [5.41, 5.74) is 1.94. The van der Waals surface area contributed by atoms with Crippen LogP contribution in [0.4, 0.5) is 5.69 Å². The minimum Gasteiger partial charge on any atom is -0.319 e. The topological polar surface area (TPSA) is 78.7 Å². The first-order valence-corrected chi connectivity index (χ1v) is 5.77. The molecule has 0 unspecified atom stereocenters. The second kappa shape index (κ2) is 5.46. The monoisotopic (exact) mass is 272 g/mol. The fraction of sp³-hybridized carbons (Fsp3) is 0.0769. The Kier molecular flexibility index (Phi) is 3.74. The lowest BCUT2D eigenvalue weighted by Gasteiger charge is -2.05. The van der Waals surface area contributed by atoms with E-state index in [0.29, 0.717) is 16.4 Å². The van der Waals surface area contributed by atoms with Gasteiger partial charge in [-0.1, -0.05) is 11.6 Å². The molecule has 0 fully saturated rings. The summed E-state index contributed by atoms with van der Waals surface area (Å²) in [6.07, 6.45) is 2.82. The molecule has 0 bridgehead atoms. The number of nitrogens with one attached hydrogen (secondary N) is 1. The van der Waals surface area contributed by atoms with E-state index in [0.717, 1.165) is 5.56 Å². The van der Waals surface area contributed by atoms with E-state index in [-0.39, 0.29) is 11.6 Å². The Bertz CT molecular complexity index is 661. The van der Waals surface area contributed by atoms with Gasteiger partial charge in [-0.05, 0) is 30.7 Å². The quantitative estimate of drug-likeness (QED) is 0.852. The van der Waals surface area contributed by atoms with Crippen molar-refractivity contribution in [1.29, 1.82) is 5.26 Å². The van der Waals surface area contributed by atoms with Gasteiger partial charge in [-0.25, -0.2) is 9.97 Å². The molecule has 2 aromatic rings. The molecular weight excluding hydrogens is 264 g/mol. The number of aryl methyl sites for hydroxylation is 1. The van der Waals surface area contributed by atoms with Crippen LogP contribution in [-0.4, -0.2) is 15.9 Å². The molecule has 0 saturated carbocycles. The number of anilines is 1. The maximum Gasteiger partial charge on any atom is 0.274 e. The van der Waals surface area contributed by atoms with Crippen molar-refractivity contribution in [2.75, 3.05) is 5.32 Å². The van der Waals surface area contributed by atoms with Gasteiger partial charge in [0.25, 0.3) is 5.91 Å². The Balaban J connectivity index is 2.16. The van der Waals surface area contributed by atoms with Crippen LogP contribution in [0.5, 0.6) is 0 Å².